The predicted octanol–water partition coefficient (Wildman–Crippen LogP) is 2.64. The first-order valence-corrected chi connectivity index (χ1v) is 7.62. The van der Waals surface area contributed by atoms with Crippen LogP contribution in [0.5, 0.6) is 0 Å². The van der Waals surface area contributed by atoms with Gasteiger partial charge < -0.3 is 10.5 Å². The van der Waals surface area contributed by atoms with E-state index in [1.807, 2.05) is 11.3 Å². The van der Waals surface area contributed by atoms with E-state index < -0.39 is 0 Å². The number of ether oxygens (including phenoxy) is 1. The highest BCUT2D eigenvalue weighted by Gasteiger charge is 2.36. The number of hydrogen-bond donors (Lipinski definition) is 1. The van der Waals surface area contributed by atoms with Crippen LogP contribution in [-0.2, 0) is 4.74 Å². The lowest BCUT2D eigenvalue weighted by Gasteiger charge is -2.43. The lowest BCUT2D eigenvalue weighted by Crippen LogP contribution is -2.53. The van der Waals surface area contributed by atoms with Crippen LogP contribution in [0.3, 0.4) is 0 Å². The maximum atomic E-state index is 6.11. The summed E-state index contributed by atoms with van der Waals surface area (Å²) in [6.07, 6.45) is 3.28. The van der Waals surface area contributed by atoms with Crippen LogP contribution in [0.25, 0.3) is 0 Å². The normalized spacial score (nSPS) is 27.1. The summed E-state index contributed by atoms with van der Waals surface area (Å²) in [5.41, 5.74) is 6.20. The zero-order valence-corrected chi connectivity index (χ0v) is 12.2. The van der Waals surface area contributed by atoms with E-state index in [2.05, 4.69) is 36.4 Å². The number of likely N-dealkylation sites (N-methyl/N-ethyl adjacent to an activating group) is 1. The van der Waals surface area contributed by atoms with Crippen LogP contribution < -0.4 is 5.73 Å². The van der Waals surface area contributed by atoms with Crippen molar-refractivity contribution in [2.45, 2.75) is 37.8 Å². The third-order valence-electron chi connectivity index (χ3n) is 4.31. The summed E-state index contributed by atoms with van der Waals surface area (Å²) in [5, 5.41) is 2.14. The largest absolute Gasteiger partial charge is 0.381 e. The van der Waals surface area contributed by atoms with Crippen LogP contribution in [0.1, 0.15) is 37.1 Å². The van der Waals surface area contributed by atoms with Gasteiger partial charge in [0.25, 0.3) is 0 Å². The van der Waals surface area contributed by atoms with Gasteiger partial charge in [0.1, 0.15) is 0 Å². The first-order valence-electron chi connectivity index (χ1n) is 6.74. The second-order valence-electron chi connectivity index (χ2n) is 5.20. The summed E-state index contributed by atoms with van der Waals surface area (Å²) >= 11 is 1.82. The number of thiophene rings is 1. The fourth-order valence-corrected chi connectivity index (χ4v) is 3.65. The highest BCUT2D eigenvalue weighted by molar-refractivity contribution is 7.10. The molecule has 3 nitrogen and oxygen atoms in total. The standard InChI is InChI=1S/C14H24N2OS/c1-12(13-5-3-10-18-13)16(2)14(11-15)6-4-8-17-9-7-14/h3,5,10,12H,4,6-9,11,15H2,1-2H3. The molecular weight excluding hydrogens is 244 g/mol. The van der Waals surface area contributed by atoms with Gasteiger partial charge in [-0.05, 0) is 44.7 Å². The maximum Gasteiger partial charge on any atom is 0.0484 e. The van der Waals surface area contributed by atoms with Gasteiger partial charge in [-0.1, -0.05) is 6.07 Å². The molecule has 1 aliphatic rings. The van der Waals surface area contributed by atoms with Crippen molar-refractivity contribution in [2.75, 3.05) is 26.8 Å². The van der Waals surface area contributed by atoms with E-state index in [1.54, 1.807) is 0 Å². The van der Waals surface area contributed by atoms with E-state index >= 15 is 0 Å². The Hall–Kier alpha value is -0.420. The van der Waals surface area contributed by atoms with E-state index in [0.29, 0.717) is 12.6 Å². The van der Waals surface area contributed by atoms with Crippen molar-refractivity contribution in [1.82, 2.24) is 4.90 Å². The fraction of sp³-hybridized carbons (Fsp3) is 0.714. The van der Waals surface area contributed by atoms with Gasteiger partial charge in [0, 0.05) is 36.2 Å². The quantitative estimate of drug-likeness (QED) is 0.912. The van der Waals surface area contributed by atoms with Crippen molar-refractivity contribution in [3.05, 3.63) is 22.4 Å². The zero-order chi connectivity index (χ0) is 13.0. The molecule has 18 heavy (non-hydrogen) atoms. The van der Waals surface area contributed by atoms with Gasteiger partial charge in [-0.25, -0.2) is 0 Å². The third kappa shape index (κ3) is 2.77. The van der Waals surface area contributed by atoms with Gasteiger partial charge in [-0.3, -0.25) is 4.90 Å². The molecule has 102 valence electrons. The smallest absolute Gasteiger partial charge is 0.0484 e. The number of nitrogens with zero attached hydrogens (tertiary/aromatic N) is 1. The Bertz CT molecular complexity index is 345. The van der Waals surface area contributed by atoms with Gasteiger partial charge in [-0.15, -0.1) is 11.3 Å². The number of hydrogen-bond acceptors (Lipinski definition) is 4. The second kappa shape index (κ2) is 6.15. The van der Waals surface area contributed by atoms with Crippen molar-refractivity contribution in [3.63, 3.8) is 0 Å². The first-order chi connectivity index (χ1) is 8.69. The molecule has 1 aromatic rings. The summed E-state index contributed by atoms with van der Waals surface area (Å²) in [6, 6.07) is 4.76. The molecule has 0 radical (unpaired) electrons. The molecule has 0 bridgehead atoms. The molecule has 2 unspecified atom stereocenters. The molecule has 2 heterocycles. The number of nitrogens with two attached hydrogens (primary N) is 1. The van der Waals surface area contributed by atoms with Crippen LogP contribution in [0, 0.1) is 0 Å². The molecule has 1 aromatic heterocycles. The molecular formula is C14H24N2OS. The lowest BCUT2D eigenvalue weighted by molar-refractivity contribution is 0.0607. The summed E-state index contributed by atoms with van der Waals surface area (Å²) < 4.78 is 5.59. The zero-order valence-electron chi connectivity index (χ0n) is 11.4. The van der Waals surface area contributed by atoms with Crippen LogP contribution in [0.15, 0.2) is 17.5 Å². The molecule has 0 spiro atoms. The molecule has 0 amide bonds. The Labute approximate surface area is 114 Å². The summed E-state index contributed by atoms with van der Waals surface area (Å²) in [5.74, 6) is 0. The SMILES string of the molecule is CC(c1cccs1)N(C)C1(CN)CCCOCC1. The van der Waals surface area contributed by atoms with Crippen LogP contribution in [-0.4, -0.2) is 37.2 Å². The Morgan fingerprint density at radius 3 is 3.00 bits per heavy atom. The second-order valence-corrected chi connectivity index (χ2v) is 6.18. The summed E-state index contributed by atoms with van der Waals surface area (Å²) in [4.78, 5) is 3.88. The van der Waals surface area contributed by atoms with Crippen molar-refractivity contribution >= 4 is 11.3 Å². The maximum absolute atomic E-state index is 6.11. The first kappa shape index (κ1) is 14.0. The molecule has 2 rings (SSSR count). The van der Waals surface area contributed by atoms with Gasteiger partial charge in [0.05, 0.1) is 0 Å². The minimum Gasteiger partial charge on any atom is -0.381 e. The van der Waals surface area contributed by atoms with E-state index in [1.165, 1.54) is 4.88 Å². The average molecular weight is 268 g/mol. The van der Waals surface area contributed by atoms with Crippen LogP contribution >= 0.6 is 11.3 Å². The van der Waals surface area contributed by atoms with Gasteiger partial charge in [-0.2, -0.15) is 0 Å². The summed E-state index contributed by atoms with van der Waals surface area (Å²) in [6.45, 7) is 4.69. The molecule has 0 aromatic carbocycles. The molecule has 1 aliphatic heterocycles. The van der Waals surface area contributed by atoms with E-state index in [0.717, 1.165) is 32.5 Å². The van der Waals surface area contributed by atoms with Crippen molar-refractivity contribution in [1.29, 1.82) is 0 Å². The molecule has 2 N–H and O–H groups in total. The molecule has 1 saturated heterocycles. The molecule has 2 atom stereocenters. The van der Waals surface area contributed by atoms with Gasteiger partial charge in [0.2, 0.25) is 0 Å². The third-order valence-corrected chi connectivity index (χ3v) is 5.35. The lowest BCUT2D eigenvalue weighted by atomic mass is 9.87. The van der Waals surface area contributed by atoms with Crippen molar-refractivity contribution in [3.8, 4) is 0 Å². The highest BCUT2D eigenvalue weighted by atomic mass is 32.1. The average Bonchev–Trinajstić information content (AvgIpc) is 2.82. The topological polar surface area (TPSA) is 38.5 Å². The molecule has 4 heteroatoms. The Balaban J connectivity index is 2.15. The minimum absolute atomic E-state index is 0.0971. The number of rotatable bonds is 4. The van der Waals surface area contributed by atoms with Crippen LogP contribution in [0.4, 0.5) is 0 Å². The Morgan fingerprint density at radius 2 is 2.33 bits per heavy atom. The molecule has 1 fully saturated rings. The van der Waals surface area contributed by atoms with E-state index in [9.17, 15) is 0 Å². The Morgan fingerprint density at radius 1 is 1.50 bits per heavy atom. The van der Waals surface area contributed by atoms with Crippen LogP contribution in [0.2, 0.25) is 0 Å². The minimum atomic E-state index is 0.0971. The van der Waals surface area contributed by atoms with Gasteiger partial charge in [0.15, 0.2) is 0 Å². The molecule has 0 saturated carbocycles. The monoisotopic (exact) mass is 268 g/mol. The fourth-order valence-electron chi connectivity index (χ4n) is 2.82. The predicted molar refractivity (Wildman–Crippen MR) is 77.0 cm³/mol. The Kier molecular flexibility index (Phi) is 4.78. The summed E-state index contributed by atoms with van der Waals surface area (Å²) in [7, 11) is 2.21. The van der Waals surface area contributed by atoms with Crippen molar-refractivity contribution < 1.29 is 4.74 Å². The van der Waals surface area contributed by atoms with Gasteiger partial charge >= 0.3 is 0 Å². The van der Waals surface area contributed by atoms with E-state index in [4.69, 9.17) is 10.5 Å². The van der Waals surface area contributed by atoms with Crippen molar-refractivity contribution in [2.24, 2.45) is 5.73 Å². The highest BCUT2D eigenvalue weighted by Crippen LogP contribution is 2.34. The van der Waals surface area contributed by atoms with E-state index in [-0.39, 0.29) is 5.54 Å². The molecule has 0 aliphatic carbocycles.